The van der Waals surface area contributed by atoms with Gasteiger partial charge in [-0.05, 0) is 42.0 Å². The Morgan fingerprint density at radius 3 is 2.53 bits per heavy atom. The molecule has 0 aliphatic carbocycles. The molecule has 34 heavy (non-hydrogen) atoms. The van der Waals surface area contributed by atoms with E-state index in [0.29, 0.717) is 12.6 Å². The molecule has 178 valence electrons. The molecule has 0 spiro atoms. The Kier molecular flexibility index (Phi) is 8.57. The predicted octanol–water partition coefficient (Wildman–Crippen LogP) is 6.34. The average Bonchev–Trinajstić information content (AvgIpc) is 2.87. The summed E-state index contributed by atoms with van der Waals surface area (Å²) >= 11 is 0. The van der Waals surface area contributed by atoms with Crippen LogP contribution in [0.2, 0.25) is 0 Å². The summed E-state index contributed by atoms with van der Waals surface area (Å²) in [5, 5.41) is 11.7. The highest BCUT2D eigenvalue weighted by Crippen LogP contribution is 2.29. The van der Waals surface area contributed by atoms with Crippen molar-refractivity contribution >= 4 is 10.8 Å². The van der Waals surface area contributed by atoms with Crippen molar-refractivity contribution in [2.24, 2.45) is 0 Å². The number of nitriles is 1. The number of hydrogen-bond donors (Lipinski definition) is 0. The van der Waals surface area contributed by atoms with Gasteiger partial charge in [-0.1, -0.05) is 74.7 Å². The van der Waals surface area contributed by atoms with Crippen LogP contribution in [0.3, 0.4) is 0 Å². The van der Waals surface area contributed by atoms with Gasteiger partial charge in [0.05, 0.1) is 11.6 Å². The van der Waals surface area contributed by atoms with Crippen molar-refractivity contribution in [1.29, 1.82) is 5.26 Å². The zero-order valence-corrected chi connectivity index (χ0v) is 20.7. The highest BCUT2D eigenvalue weighted by molar-refractivity contribution is 5.88. The number of piperazine rings is 1. The number of aryl methyl sites for hydroxylation is 1. The quantitative estimate of drug-likeness (QED) is 0.335. The normalized spacial score (nSPS) is 15.8. The maximum atomic E-state index is 9.32. The van der Waals surface area contributed by atoms with E-state index in [-0.39, 0.29) is 0 Å². The largest absolute Gasteiger partial charge is 0.492 e. The van der Waals surface area contributed by atoms with Crippen molar-refractivity contribution < 1.29 is 4.74 Å². The van der Waals surface area contributed by atoms with Gasteiger partial charge in [-0.2, -0.15) is 5.26 Å². The van der Waals surface area contributed by atoms with Gasteiger partial charge in [0, 0.05) is 44.2 Å². The molecule has 1 aliphatic rings. The van der Waals surface area contributed by atoms with Crippen LogP contribution in [0.5, 0.6) is 5.75 Å². The van der Waals surface area contributed by atoms with Crippen molar-refractivity contribution in [2.75, 3.05) is 39.3 Å². The first-order valence-corrected chi connectivity index (χ1v) is 12.8. The summed E-state index contributed by atoms with van der Waals surface area (Å²) in [6.07, 6.45) is 4.95. The molecule has 4 rings (SSSR count). The van der Waals surface area contributed by atoms with Gasteiger partial charge in [-0.15, -0.1) is 0 Å². The second-order valence-electron chi connectivity index (χ2n) is 9.40. The minimum atomic E-state index is 0.437. The monoisotopic (exact) mass is 455 g/mol. The molecular weight excluding hydrogens is 418 g/mol. The Morgan fingerprint density at radius 1 is 0.971 bits per heavy atom. The van der Waals surface area contributed by atoms with E-state index in [1.807, 2.05) is 6.07 Å². The number of ether oxygens (including phenoxy) is 1. The van der Waals surface area contributed by atoms with Crippen LogP contribution in [0, 0.1) is 18.3 Å². The van der Waals surface area contributed by atoms with Crippen LogP contribution in [0.25, 0.3) is 10.8 Å². The van der Waals surface area contributed by atoms with Crippen LogP contribution in [0.15, 0.2) is 60.7 Å². The predicted molar refractivity (Wildman–Crippen MR) is 140 cm³/mol. The van der Waals surface area contributed by atoms with Crippen LogP contribution in [-0.2, 0) is 0 Å². The maximum absolute atomic E-state index is 9.32. The van der Waals surface area contributed by atoms with E-state index in [0.717, 1.165) is 49.6 Å². The highest BCUT2D eigenvalue weighted by Gasteiger charge is 2.25. The number of hydrogen-bond acceptors (Lipinski definition) is 4. The molecule has 1 aliphatic heterocycles. The SMILES string of the molecule is CCCCCC(c1ccc(C#N)c(C)c1)N1CCN(CCOc2cccc3ccccc23)CC1. The molecule has 1 heterocycles. The lowest BCUT2D eigenvalue weighted by molar-refractivity contribution is 0.0819. The molecule has 1 fully saturated rings. The summed E-state index contributed by atoms with van der Waals surface area (Å²) in [5.74, 6) is 0.976. The van der Waals surface area contributed by atoms with Crippen LogP contribution >= 0.6 is 0 Å². The van der Waals surface area contributed by atoms with E-state index in [1.54, 1.807) is 0 Å². The Morgan fingerprint density at radius 2 is 1.76 bits per heavy atom. The summed E-state index contributed by atoms with van der Waals surface area (Å²) < 4.78 is 6.18. The van der Waals surface area contributed by atoms with E-state index in [4.69, 9.17) is 4.74 Å². The molecule has 0 N–H and O–H groups in total. The molecule has 0 radical (unpaired) electrons. The number of unbranched alkanes of at least 4 members (excludes halogenated alkanes) is 2. The lowest BCUT2D eigenvalue weighted by Crippen LogP contribution is -2.48. The zero-order chi connectivity index (χ0) is 23.8. The highest BCUT2D eigenvalue weighted by atomic mass is 16.5. The van der Waals surface area contributed by atoms with Gasteiger partial charge < -0.3 is 4.74 Å². The van der Waals surface area contributed by atoms with Crippen molar-refractivity contribution in [3.8, 4) is 11.8 Å². The first kappa shape index (κ1) is 24.3. The van der Waals surface area contributed by atoms with E-state index < -0.39 is 0 Å². The van der Waals surface area contributed by atoms with Gasteiger partial charge in [-0.25, -0.2) is 0 Å². The summed E-state index contributed by atoms with van der Waals surface area (Å²) in [7, 11) is 0. The van der Waals surface area contributed by atoms with Gasteiger partial charge in [0.15, 0.2) is 0 Å². The molecule has 3 aromatic carbocycles. The van der Waals surface area contributed by atoms with Crippen LogP contribution in [0.1, 0.15) is 55.3 Å². The van der Waals surface area contributed by atoms with Gasteiger partial charge in [0.25, 0.3) is 0 Å². The Bertz CT molecular complexity index is 1110. The summed E-state index contributed by atoms with van der Waals surface area (Å²) in [4.78, 5) is 5.17. The van der Waals surface area contributed by atoms with E-state index >= 15 is 0 Å². The first-order chi connectivity index (χ1) is 16.7. The molecule has 3 aromatic rings. The summed E-state index contributed by atoms with van der Waals surface area (Å²) in [5.41, 5.74) is 3.23. The van der Waals surface area contributed by atoms with Crippen molar-refractivity contribution in [2.45, 2.75) is 45.6 Å². The number of benzene rings is 3. The minimum absolute atomic E-state index is 0.437. The third-order valence-corrected chi connectivity index (χ3v) is 7.10. The molecule has 0 bridgehead atoms. The molecule has 1 unspecified atom stereocenters. The Labute approximate surface area is 204 Å². The average molecular weight is 456 g/mol. The summed E-state index contributed by atoms with van der Waals surface area (Å²) in [6.45, 7) is 10.3. The Balaban J connectivity index is 1.33. The fraction of sp³-hybridized carbons (Fsp3) is 0.433. The lowest BCUT2D eigenvalue weighted by Gasteiger charge is -2.39. The van der Waals surface area contributed by atoms with E-state index in [2.05, 4.69) is 84.3 Å². The van der Waals surface area contributed by atoms with Gasteiger partial charge >= 0.3 is 0 Å². The van der Waals surface area contributed by atoms with Crippen LogP contribution in [-0.4, -0.2) is 49.1 Å². The second-order valence-corrected chi connectivity index (χ2v) is 9.40. The molecular formula is C30H37N3O. The number of rotatable bonds is 10. The summed E-state index contributed by atoms with van der Waals surface area (Å²) in [6, 6.07) is 23.8. The second kappa shape index (κ2) is 12.0. The van der Waals surface area contributed by atoms with Crippen molar-refractivity contribution in [3.05, 3.63) is 77.4 Å². The standard InChI is InChI=1S/C30H37N3O/c1-3-4-5-12-29(26-14-15-27(23-31)24(2)22-26)33-18-16-32(17-19-33)20-21-34-30-13-8-10-25-9-6-7-11-28(25)30/h6-11,13-15,22,29H,3-5,12,16-21H2,1-2H3. The molecule has 4 nitrogen and oxygen atoms in total. The van der Waals surface area contributed by atoms with Gasteiger partial charge in [0.2, 0.25) is 0 Å². The molecule has 0 saturated carbocycles. The molecule has 0 aromatic heterocycles. The topological polar surface area (TPSA) is 39.5 Å². The third-order valence-electron chi connectivity index (χ3n) is 7.10. The fourth-order valence-corrected chi connectivity index (χ4v) is 5.07. The smallest absolute Gasteiger partial charge is 0.127 e. The Hall–Kier alpha value is -2.87. The van der Waals surface area contributed by atoms with Crippen LogP contribution in [0.4, 0.5) is 0 Å². The molecule has 0 amide bonds. The molecule has 1 saturated heterocycles. The fourth-order valence-electron chi connectivity index (χ4n) is 5.07. The van der Waals surface area contributed by atoms with Gasteiger partial charge in [-0.3, -0.25) is 9.80 Å². The van der Waals surface area contributed by atoms with E-state index in [9.17, 15) is 5.26 Å². The minimum Gasteiger partial charge on any atom is -0.492 e. The van der Waals surface area contributed by atoms with Crippen molar-refractivity contribution in [1.82, 2.24) is 9.80 Å². The third kappa shape index (κ3) is 5.97. The van der Waals surface area contributed by atoms with E-state index in [1.165, 1.54) is 42.0 Å². The maximum Gasteiger partial charge on any atom is 0.127 e. The number of nitrogens with zero attached hydrogens (tertiary/aromatic N) is 3. The van der Waals surface area contributed by atoms with Crippen molar-refractivity contribution in [3.63, 3.8) is 0 Å². The molecule has 4 heteroatoms. The first-order valence-electron chi connectivity index (χ1n) is 12.8. The lowest BCUT2D eigenvalue weighted by atomic mass is 9.95. The van der Waals surface area contributed by atoms with Crippen LogP contribution < -0.4 is 4.74 Å². The number of fused-ring (bicyclic) bond motifs is 1. The zero-order valence-electron chi connectivity index (χ0n) is 20.7. The van der Waals surface area contributed by atoms with Gasteiger partial charge in [0.1, 0.15) is 12.4 Å². The molecule has 1 atom stereocenters.